The van der Waals surface area contributed by atoms with Crippen LogP contribution in [0.15, 0.2) is 15.5 Å². The van der Waals surface area contributed by atoms with Crippen LogP contribution in [-0.4, -0.2) is 27.5 Å². The van der Waals surface area contributed by atoms with E-state index in [1.54, 1.807) is 6.20 Å². The lowest BCUT2D eigenvalue weighted by Crippen LogP contribution is -2.28. The number of nitrogens with zero attached hydrogens (tertiary/aromatic N) is 2. The Morgan fingerprint density at radius 1 is 1.59 bits per heavy atom. The molecule has 17 heavy (non-hydrogen) atoms. The van der Waals surface area contributed by atoms with Gasteiger partial charge >= 0.3 is 0 Å². The molecule has 0 aliphatic rings. The average molecular weight is 304 g/mol. The van der Waals surface area contributed by atoms with E-state index in [0.717, 1.165) is 12.8 Å². The van der Waals surface area contributed by atoms with Gasteiger partial charge in [-0.2, -0.15) is 5.10 Å². The van der Waals surface area contributed by atoms with E-state index in [2.05, 4.69) is 26.3 Å². The van der Waals surface area contributed by atoms with E-state index in [4.69, 9.17) is 5.11 Å². The molecule has 1 aromatic heterocycles. The summed E-state index contributed by atoms with van der Waals surface area (Å²) in [4.78, 5) is 11.9. The van der Waals surface area contributed by atoms with E-state index in [-0.39, 0.29) is 18.2 Å². The fourth-order valence-electron chi connectivity index (χ4n) is 1.43. The molecule has 0 spiro atoms. The lowest BCUT2D eigenvalue weighted by molar-refractivity contribution is 0.271. The number of rotatable bonds is 6. The molecule has 0 fully saturated rings. The van der Waals surface area contributed by atoms with Crippen LogP contribution >= 0.6 is 15.9 Å². The van der Waals surface area contributed by atoms with Crippen molar-refractivity contribution in [1.29, 1.82) is 0 Å². The van der Waals surface area contributed by atoms with Crippen molar-refractivity contribution in [3.05, 3.63) is 21.0 Å². The van der Waals surface area contributed by atoms with E-state index in [1.165, 1.54) is 4.68 Å². The second-order valence-corrected chi connectivity index (χ2v) is 4.63. The first-order chi connectivity index (χ1) is 8.13. The van der Waals surface area contributed by atoms with Gasteiger partial charge in [0.25, 0.3) is 5.56 Å². The number of hydrogen-bond donors (Lipinski definition) is 2. The lowest BCUT2D eigenvalue weighted by atomic mass is 10.2. The number of aryl methyl sites for hydroxylation is 1. The molecule has 0 radical (unpaired) electrons. The van der Waals surface area contributed by atoms with Gasteiger partial charge in [-0.25, -0.2) is 4.68 Å². The molecular formula is C11H18BrN3O2. The minimum absolute atomic E-state index is 0.0288. The van der Waals surface area contributed by atoms with E-state index in [0.29, 0.717) is 16.7 Å². The summed E-state index contributed by atoms with van der Waals surface area (Å²) < 4.78 is 1.89. The quantitative estimate of drug-likeness (QED) is 0.838. The Kier molecular flexibility index (Phi) is 5.64. The van der Waals surface area contributed by atoms with Crippen molar-refractivity contribution in [3.63, 3.8) is 0 Å². The Labute approximate surface area is 109 Å². The second-order valence-electron chi connectivity index (χ2n) is 3.83. The summed E-state index contributed by atoms with van der Waals surface area (Å²) in [6, 6.07) is -0.0606. The molecule has 0 saturated heterocycles. The van der Waals surface area contributed by atoms with Gasteiger partial charge in [-0.05, 0) is 28.8 Å². The van der Waals surface area contributed by atoms with Gasteiger partial charge in [-0.1, -0.05) is 13.8 Å². The maximum atomic E-state index is 11.9. The van der Waals surface area contributed by atoms with Crippen molar-refractivity contribution in [2.24, 2.45) is 0 Å². The fraction of sp³-hybridized carbons (Fsp3) is 0.636. The monoisotopic (exact) mass is 303 g/mol. The number of nitrogens with one attached hydrogen (secondary N) is 1. The van der Waals surface area contributed by atoms with Gasteiger partial charge in [0.2, 0.25) is 0 Å². The van der Waals surface area contributed by atoms with Gasteiger partial charge in [-0.3, -0.25) is 4.79 Å². The molecule has 5 nitrogen and oxygen atoms in total. The van der Waals surface area contributed by atoms with Gasteiger partial charge in [0.1, 0.15) is 4.47 Å². The number of hydrogen-bond acceptors (Lipinski definition) is 4. The molecule has 0 bridgehead atoms. The minimum atomic E-state index is -0.148. The van der Waals surface area contributed by atoms with Gasteiger partial charge in [-0.15, -0.1) is 0 Å². The molecule has 1 unspecified atom stereocenters. The summed E-state index contributed by atoms with van der Waals surface area (Å²) in [6.45, 7) is 4.59. The highest BCUT2D eigenvalue weighted by Crippen LogP contribution is 2.17. The predicted molar refractivity (Wildman–Crippen MR) is 71.3 cm³/mol. The standard InChI is InChI=1S/C11H18BrN3O2/c1-3-5-15-11(17)10(12)9(6-13-15)14-8(4-2)7-16/h6,8,14,16H,3-5,7H2,1-2H3. The first-order valence-corrected chi connectivity index (χ1v) is 6.56. The number of halogens is 1. The zero-order chi connectivity index (χ0) is 12.8. The molecule has 1 aromatic rings. The van der Waals surface area contributed by atoms with Crippen molar-refractivity contribution < 1.29 is 5.11 Å². The summed E-state index contributed by atoms with van der Waals surface area (Å²) in [5, 5.41) is 16.3. The molecule has 96 valence electrons. The normalized spacial score (nSPS) is 12.5. The van der Waals surface area contributed by atoms with Gasteiger partial charge in [0.15, 0.2) is 0 Å². The first kappa shape index (κ1) is 14.2. The molecule has 0 saturated carbocycles. The van der Waals surface area contributed by atoms with Crippen LogP contribution < -0.4 is 10.9 Å². The molecule has 6 heteroatoms. The summed E-state index contributed by atoms with van der Waals surface area (Å²) in [5.41, 5.74) is 0.480. The van der Waals surface area contributed by atoms with Gasteiger partial charge in [0, 0.05) is 12.6 Å². The van der Waals surface area contributed by atoms with Crippen molar-refractivity contribution in [1.82, 2.24) is 9.78 Å². The highest BCUT2D eigenvalue weighted by atomic mass is 79.9. The van der Waals surface area contributed by atoms with Gasteiger partial charge < -0.3 is 10.4 Å². The van der Waals surface area contributed by atoms with Crippen LogP contribution in [0.4, 0.5) is 5.69 Å². The van der Waals surface area contributed by atoms with Crippen molar-refractivity contribution in [2.75, 3.05) is 11.9 Å². The van der Waals surface area contributed by atoms with E-state index in [1.807, 2.05) is 13.8 Å². The SMILES string of the molecule is CCCn1ncc(NC(CC)CO)c(Br)c1=O. The second kappa shape index (κ2) is 6.76. The zero-order valence-electron chi connectivity index (χ0n) is 10.1. The lowest BCUT2D eigenvalue weighted by Gasteiger charge is -2.16. The highest BCUT2D eigenvalue weighted by Gasteiger charge is 2.11. The summed E-state index contributed by atoms with van der Waals surface area (Å²) in [7, 11) is 0. The zero-order valence-corrected chi connectivity index (χ0v) is 11.7. The topological polar surface area (TPSA) is 67.2 Å². The number of aliphatic hydroxyl groups is 1. The molecule has 1 heterocycles. The largest absolute Gasteiger partial charge is 0.394 e. The third kappa shape index (κ3) is 3.54. The maximum absolute atomic E-state index is 11.9. The van der Waals surface area contributed by atoms with Crippen LogP contribution in [0.1, 0.15) is 26.7 Å². The minimum Gasteiger partial charge on any atom is -0.394 e. The third-order valence-electron chi connectivity index (χ3n) is 2.49. The molecule has 0 aliphatic carbocycles. The average Bonchev–Trinajstić information content (AvgIpc) is 2.34. The van der Waals surface area contributed by atoms with E-state index < -0.39 is 0 Å². The first-order valence-electron chi connectivity index (χ1n) is 5.77. The van der Waals surface area contributed by atoms with Crippen molar-refractivity contribution in [3.8, 4) is 0 Å². The fourth-order valence-corrected chi connectivity index (χ4v) is 1.85. The number of aromatic nitrogens is 2. The Balaban J connectivity index is 2.96. The summed E-state index contributed by atoms with van der Waals surface area (Å²) in [5.74, 6) is 0. The summed E-state index contributed by atoms with van der Waals surface area (Å²) >= 11 is 3.27. The molecular weight excluding hydrogens is 286 g/mol. The van der Waals surface area contributed by atoms with Crippen molar-refractivity contribution >= 4 is 21.6 Å². The van der Waals surface area contributed by atoms with Crippen LogP contribution in [-0.2, 0) is 6.54 Å². The van der Waals surface area contributed by atoms with E-state index >= 15 is 0 Å². The van der Waals surface area contributed by atoms with Crippen LogP contribution in [0.2, 0.25) is 0 Å². The van der Waals surface area contributed by atoms with Crippen LogP contribution in [0, 0.1) is 0 Å². The van der Waals surface area contributed by atoms with Gasteiger partial charge in [0.05, 0.1) is 18.5 Å². The Hall–Kier alpha value is -0.880. The predicted octanol–water partition coefficient (Wildman–Crippen LogP) is 1.60. The smallest absolute Gasteiger partial charge is 0.283 e. The molecule has 2 N–H and O–H groups in total. The Bertz CT molecular complexity index is 416. The maximum Gasteiger partial charge on any atom is 0.283 e. The molecule has 0 aliphatic heterocycles. The number of anilines is 1. The van der Waals surface area contributed by atoms with Crippen LogP contribution in [0.5, 0.6) is 0 Å². The molecule has 1 atom stereocenters. The summed E-state index contributed by atoms with van der Waals surface area (Å²) in [6.07, 6.45) is 3.25. The molecule has 1 rings (SSSR count). The highest BCUT2D eigenvalue weighted by molar-refractivity contribution is 9.10. The molecule has 0 amide bonds. The number of aliphatic hydroxyl groups excluding tert-OH is 1. The van der Waals surface area contributed by atoms with Crippen molar-refractivity contribution in [2.45, 2.75) is 39.3 Å². The Morgan fingerprint density at radius 3 is 2.82 bits per heavy atom. The van der Waals surface area contributed by atoms with Crippen LogP contribution in [0.3, 0.4) is 0 Å². The van der Waals surface area contributed by atoms with E-state index in [9.17, 15) is 4.79 Å². The molecule has 0 aromatic carbocycles. The third-order valence-corrected chi connectivity index (χ3v) is 3.26. The Morgan fingerprint density at radius 2 is 2.29 bits per heavy atom. The van der Waals surface area contributed by atoms with Crippen LogP contribution in [0.25, 0.3) is 0 Å².